The molecule has 0 radical (unpaired) electrons. The average molecular weight is 332 g/mol. The third-order valence-electron chi connectivity index (χ3n) is 5.40. The first-order chi connectivity index (χ1) is 10.4. The van der Waals surface area contributed by atoms with E-state index in [0.717, 1.165) is 19.3 Å². The van der Waals surface area contributed by atoms with E-state index < -0.39 is 9.84 Å². The van der Waals surface area contributed by atoms with Crippen LogP contribution in [0.5, 0.6) is 0 Å². The smallest absolute Gasteiger partial charge is 0.317 e. The van der Waals surface area contributed by atoms with Crippen molar-refractivity contribution >= 4 is 15.9 Å². The first-order valence-electron chi connectivity index (χ1n) is 8.26. The van der Waals surface area contributed by atoms with E-state index in [-0.39, 0.29) is 35.1 Å². The molecule has 0 bridgehead atoms. The summed E-state index contributed by atoms with van der Waals surface area (Å²) in [5.74, 6) is 0.138. The van der Waals surface area contributed by atoms with E-state index in [1.54, 1.807) is 4.90 Å². The zero-order valence-corrected chi connectivity index (χ0v) is 14.6. The number of nitrogens with zero attached hydrogens (tertiary/aromatic N) is 1. The largest absolute Gasteiger partial charge is 0.378 e. The monoisotopic (exact) mass is 332 g/mol. The summed E-state index contributed by atoms with van der Waals surface area (Å²) in [4.78, 5) is 14.0. The summed E-state index contributed by atoms with van der Waals surface area (Å²) in [5, 5.41) is 3.11. The summed E-state index contributed by atoms with van der Waals surface area (Å²) in [5.41, 5.74) is 0.00747. The van der Waals surface area contributed by atoms with E-state index in [1.165, 1.54) is 0 Å². The maximum atomic E-state index is 12.4. The van der Waals surface area contributed by atoms with Crippen LogP contribution in [0, 0.1) is 5.41 Å². The van der Waals surface area contributed by atoms with Gasteiger partial charge in [0, 0.05) is 31.2 Å². The maximum absolute atomic E-state index is 12.4. The first-order valence-corrected chi connectivity index (χ1v) is 10.1. The molecule has 0 aromatic rings. The van der Waals surface area contributed by atoms with Gasteiger partial charge in [0.05, 0.1) is 17.6 Å². The topological polar surface area (TPSA) is 75.7 Å². The van der Waals surface area contributed by atoms with Crippen molar-refractivity contribution in [2.75, 3.05) is 31.2 Å². The molecule has 2 aliphatic rings. The molecule has 1 N–H and O–H groups in total. The average Bonchev–Trinajstić information content (AvgIpc) is 2.47. The van der Waals surface area contributed by atoms with Crippen LogP contribution in [0.3, 0.4) is 0 Å². The Morgan fingerprint density at radius 1 is 1.23 bits per heavy atom. The van der Waals surface area contributed by atoms with Gasteiger partial charge in [0.1, 0.15) is 0 Å². The zero-order valence-electron chi connectivity index (χ0n) is 13.8. The van der Waals surface area contributed by atoms with Crippen LogP contribution in [0.25, 0.3) is 0 Å². The fourth-order valence-corrected chi connectivity index (χ4v) is 4.94. The number of amides is 2. The number of carbonyl (C=O) groups excluding carboxylic acids is 1. The summed E-state index contributed by atoms with van der Waals surface area (Å²) in [6.07, 6.45) is 2.98. The molecule has 128 valence electrons. The van der Waals surface area contributed by atoms with Gasteiger partial charge in [-0.1, -0.05) is 13.8 Å². The molecule has 2 rings (SSSR count). The normalized spacial score (nSPS) is 29.7. The molecular formula is C15H28N2O4S. The summed E-state index contributed by atoms with van der Waals surface area (Å²) >= 11 is 0. The number of sulfone groups is 1. The quantitative estimate of drug-likeness (QED) is 0.826. The molecule has 22 heavy (non-hydrogen) atoms. The number of ether oxygens (including phenoxy) is 1. The van der Waals surface area contributed by atoms with E-state index in [0.29, 0.717) is 19.7 Å². The highest BCUT2D eigenvalue weighted by molar-refractivity contribution is 7.91. The van der Waals surface area contributed by atoms with Gasteiger partial charge in [0.15, 0.2) is 9.84 Å². The molecule has 1 aliphatic carbocycles. The third kappa shape index (κ3) is 3.25. The molecule has 0 aromatic carbocycles. The molecular weight excluding hydrogens is 304 g/mol. The molecule has 7 heteroatoms. The van der Waals surface area contributed by atoms with Crippen LogP contribution >= 0.6 is 0 Å². The van der Waals surface area contributed by atoms with Crippen molar-refractivity contribution in [3.63, 3.8) is 0 Å². The number of hydrogen-bond acceptors (Lipinski definition) is 4. The SMILES string of the molecule is CCO[C@@H]1C[C@H](NC(=O)N2CCS(=O)(=O)CC2)C1(CC)CC. The van der Waals surface area contributed by atoms with Crippen molar-refractivity contribution < 1.29 is 17.9 Å². The molecule has 1 saturated heterocycles. The molecule has 2 amide bonds. The highest BCUT2D eigenvalue weighted by atomic mass is 32.2. The third-order valence-corrected chi connectivity index (χ3v) is 7.01. The van der Waals surface area contributed by atoms with Gasteiger partial charge >= 0.3 is 6.03 Å². The number of hydrogen-bond donors (Lipinski definition) is 1. The predicted octanol–water partition coefficient (Wildman–Crippen LogP) is 1.41. The summed E-state index contributed by atoms with van der Waals surface area (Å²) in [7, 11) is -2.96. The standard InChI is InChI=1S/C15H28N2O4S/c1-4-15(5-2)12(11-13(15)21-6-3)16-14(18)17-7-9-22(19,20)10-8-17/h12-13H,4-11H2,1-3H3,(H,16,18)/t12-,13+/m0/s1. The van der Waals surface area contributed by atoms with Gasteiger partial charge in [-0.05, 0) is 26.2 Å². The van der Waals surface area contributed by atoms with Crippen molar-refractivity contribution in [2.45, 2.75) is 52.2 Å². The van der Waals surface area contributed by atoms with Crippen LogP contribution in [0.4, 0.5) is 4.79 Å². The van der Waals surface area contributed by atoms with Gasteiger partial charge in [-0.15, -0.1) is 0 Å². The summed E-state index contributed by atoms with van der Waals surface area (Å²) in [6.45, 7) is 7.55. The maximum Gasteiger partial charge on any atom is 0.317 e. The molecule has 2 fully saturated rings. The molecule has 0 unspecified atom stereocenters. The number of nitrogens with one attached hydrogen (secondary N) is 1. The van der Waals surface area contributed by atoms with Crippen LogP contribution in [0.2, 0.25) is 0 Å². The van der Waals surface area contributed by atoms with Gasteiger partial charge < -0.3 is 15.0 Å². The molecule has 0 spiro atoms. The Labute approximate surface area is 133 Å². The van der Waals surface area contributed by atoms with Crippen LogP contribution in [0.15, 0.2) is 0 Å². The lowest BCUT2D eigenvalue weighted by Crippen LogP contribution is -2.66. The fourth-order valence-electron chi connectivity index (χ4n) is 3.74. The second kappa shape index (κ2) is 6.74. The molecule has 6 nitrogen and oxygen atoms in total. The second-order valence-corrected chi connectivity index (χ2v) is 8.56. The van der Waals surface area contributed by atoms with E-state index in [1.807, 2.05) is 6.92 Å². The molecule has 1 heterocycles. The van der Waals surface area contributed by atoms with Crippen molar-refractivity contribution in [1.29, 1.82) is 0 Å². The fraction of sp³-hybridized carbons (Fsp3) is 0.933. The zero-order chi connectivity index (χ0) is 16.4. The van der Waals surface area contributed by atoms with E-state index in [9.17, 15) is 13.2 Å². The lowest BCUT2D eigenvalue weighted by Gasteiger charge is -2.55. The van der Waals surface area contributed by atoms with Gasteiger partial charge in [-0.25, -0.2) is 13.2 Å². The Bertz CT molecular complexity index is 488. The second-order valence-electron chi connectivity index (χ2n) is 6.26. The van der Waals surface area contributed by atoms with Gasteiger partial charge in [-0.3, -0.25) is 0 Å². The Balaban J connectivity index is 1.94. The van der Waals surface area contributed by atoms with Crippen LogP contribution in [-0.4, -0.2) is 62.7 Å². The number of urea groups is 1. The van der Waals surface area contributed by atoms with Gasteiger partial charge in [0.25, 0.3) is 0 Å². The van der Waals surface area contributed by atoms with E-state index in [4.69, 9.17) is 4.74 Å². The Hall–Kier alpha value is -0.820. The lowest BCUT2D eigenvalue weighted by atomic mass is 9.58. The van der Waals surface area contributed by atoms with Crippen molar-refractivity contribution in [3.05, 3.63) is 0 Å². The minimum absolute atomic E-state index is 0.00747. The Morgan fingerprint density at radius 2 is 1.82 bits per heavy atom. The first kappa shape index (κ1) is 17.5. The number of carbonyl (C=O) groups is 1. The molecule has 1 saturated carbocycles. The van der Waals surface area contributed by atoms with Crippen molar-refractivity contribution in [3.8, 4) is 0 Å². The minimum atomic E-state index is -2.96. The molecule has 0 aromatic heterocycles. The number of rotatable bonds is 5. The van der Waals surface area contributed by atoms with E-state index in [2.05, 4.69) is 19.2 Å². The Morgan fingerprint density at radius 3 is 2.32 bits per heavy atom. The van der Waals surface area contributed by atoms with Gasteiger partial charge in [-0.2, -0.15) is 0 Å². The van der Waals surface area contributed by atoms with Crippen LogP contribution in [-0.2, 0) is 14.6 Å². The van der Waals surface area contributed by atoms with Crippen molar-refractivity contribution in [2.24, 2.45) is 5.41 Å². The highest BCUT2D eigenvalue weighted by Crippen LogP contribution is 2.48. The van der Waals surface area contributed by atoms with E-state index >= 15 is 0 Å². The van der Waals surface area contributed by atoms with Crippen LogP contribution in [0.1, 0.15) is 40.0 Å². The Kier molecular flexibility index (Phi) is 5.37. The molecule has 1 aliphatic heterocycles. The lowest BCUT2D eigenvalue weighted by molar-refractivity contribution is -0.134. The molecule has 2 atom stereocenters. The summed E-state index contributed by atoms with van der Waals surface area (Å²) < 4.78 is 28.7. The predicted molar refractivity (Wildman–Crippen MR) is 85.6 cm³/mol. The minimum Gasteiger partial charge on any atom is -0.378 e. The van der Waals surface area contributed by atoms with Crippen molar-refractivity contribution in [1.82, 2.24) is 10.2 Å². The van der Waals surface area contributed by atoms with Crippen LogP contribution < -0.4 is 5.32 Å². The highest BCUT2D eigenvalue weighted by Gasteiger charge is 2.54. The summed E-state index contributed by atoms with van der Waals surface area (Å²) in [6, 6.07) is -0.0220. The van der Waals surface area contributed by atoms with Gasteiger partial charge in [0.2, 0.25) is 0 Å².